The van der Waals surface area contributed by atoms with Crippen molar-refractivity contribution in [2.45, 2.75) is 273 Å². The van der Waals surface area contributed by atoms with E-state index in [2.05, 4.69) is 61.1 Å². The highest BCUT2D eigenvalue weighted by atomic mass is 16.6. The number of carbonyl (C=O) groups excluding carboxylic acids is 7. The van der Waals surface area contributed by atoms with Gasteiger partial charge >= 0.3 is 36.2 Å². The number of unbranched alkanes of at least 4 members (excludes halogenated alkanes) is 12. The van der Waals surface area contributed by atoms with Crippen LogP contribution < -0.4 is 21.3 Å². The molecule has 4 fully saturated rings. The van der Waals surface area contributed by atoms with Gasteiger partial charge in [-0.2, -0.15) is 0 Å². The number of carbonyl (C=O) groups is 7. The summed E-state index contributed by atoms with van der Waals surface area (Å²) in [6.45, 7) is 24.1. The molecule has 458 valence electrons. The predicted octanol–water partition coefficient (Wildman–Crippen LogP) is 12.7. The molecule has 0 saturated heterocycles. The zero-order valence-electron chi connectivity index (χ0n) is 51.7. The molecule has 11 atom stereocenters. The maximum absolute atomic E-state index is 14.0. The van der Waals surface area contributed by atoms with Gasteiger partial charge in [0.25, 0.3) is 0 Å². The highest BCUT2D eigenvalue weighted by molar-refractivity contribution is 5.79. The van der Waals surface area contributed by atoms with Gasteiger partial charge in [0.1, 0.15) is 54.7 Å². The molecule has 4 amide bonds. The van der Waals surface area contributed by atoms with Gasteiger partial charge in [-0.1, -0.05) is 97.6 Å². The summed E-state index contributed by atoms with van der Waals surface area (Å²) in [5, 5.41) is 10.8. The van der Waals surface area contributed by atoms with Crippen LogP contribution in [0.15, 0.2) is 12.2 Å². The third-order valence-corrected chi connectivity index (χ3v) is 17.5. The molecule has 4 N–H and O–H groups in total. The fraction of sp³-hybridized carbons (Fsp3) is 0.857. The molecule has 17 nitrogen and oxygen atoms in total. The average Bonchev–Trinajstić information content (AvgIpc) is 3.90. The van der Waals surface area contributed by atoms with E-state index < -0.39 is 89.8 Å². The molecule has 0 heterocycles. The molecule has 80 heavy (non-hydrogen) atoms. The minimum Gasteiger partial charge on any atom is -0.461 e. The first-order chi connectivity index (χ1) is 37.5. The fourth-order valence-electron chi connectivity index (χ4n) is 13.7. The molecule has 0 aromatic rings. The van der Waals surface area contributed by atoms with E-state index in [1.54, 1.807) is 62.3 Å². The topological polar surface area (TPSA) is 223 Å². The van der Waals surface area contributed by atoms with E-state index >= 15 is 0 Å². The highest BCUT2D eigenvalue weighted by Gasteiger charge is 2.68. The standard InChI is InChI=1S/C63H108N4O13/c1-14-15-16-17-18-19-20-21-22-23-24-25-26-27-28-29-36-64-51(68)33-30-43(2)46-31-32-47-55-48(39-50(63(46,47)13)77-54(71)42-67-58(74)80-61(9,10)11)62(12)35-34-45(75-52(69)40-65-56(72)78-59(3,4)5)37-44(62)38-49(55)76-53(70)41-66-57(73)79-60(6,7)8/h21-22,43-50,55H,14-20,23-42H2,1-13H3,(H,64,68)(H,65,72)(H,66,73)(H,67,74)/b22-21-/t43-,44+,45-,46-,47+,48+,49-,50+,55+,62+,63-/m1/s1. The number of amides is 4. The number of rotatable bonds is 29. The van der Waals surface area contributed by atoms with Gasteiger partial charge in [0, 0.05) is 24.3 Å². The van der Waals surface area contributed by atoms with Crippen LogP contribution in [0.4, 0.5) is 14.4 Å². The molecule has 17 heteroatoms. The minimum absolute atomic E-state index is 0.0306. The van der Waals surface area contributed by atoms with Gasteiger partial charge in [-0.15, -0.1) is 0 Å². The van der Waals surface area contributed by atoms with E-state index in [9.17, 15) is 33.6 Å². The lowest BCUT2D eigenvalue weighted by Gasteiger charge is -2.64. The number of nitrogens with one attached hydrogen (secondary N) is 4. The van der Waals surface area contributed by atoms with Crippen molar-refractivity contribution in [1.82, 2.24) is 21.3 Å². The minimum atomic E-state index is -0.774. The van der Waals surface area contributed by atoms with Crippen LogP contribution in [0.25, 0.3) is 0 Å². The Morgan fingerprint density at radius 2 is 1.05 bits per heavy atom. The second kappa shape index (κ2) is 31.7. The summed E-state index contributed by atoms with van der Waals surface area (Å²) in [4.78, 5) is 92.3. The number of allylic oxidation sites excluding steroid dienone is 2. The number of alkyl carbamates (subject to hydrolysis) is 3. The first kappa shape index (κ1) is 67.9. The Bertz CT molecular complexity index is 2030. The first-order valence-corrected chi connectivity index (χ1v) is 30.9. The summed E-state index contributed by atoms with van der Waals surface area (Å²) >= 11 is 0. The number of hydrogen-bond donors (Lipinski definition) is 4. The molecule has 0 bridgehead atoms. The lowest BCUT2D eigenvalue weighted by atomic mass is 9.43. The van der Waals surface area contributed by atoms with Crippen molar-refractivity contribution in [3.8, 4) is 0 Å². The number of ether oxygens (including phenoxy) is 6. The number of fused-ring (bicyclic) bond motifs is 5. The molecule has 0 spiro atoms. The highest BCUT2D eigenvalue weighted by Crippen LogP contribution is 2.69. The van der Waals surface area contributed by atoms with E-state index in [0.29, 0.717) is 51.5 Å². The van der Waals surface area contributed by atoms with Crippen molar-refractivity contribution in [2.24, 2.45) is 46.3 Å². The summed E-state index contributed by atoms with van der Waals surface area (Å²) in [5.74, 6) is -2.09. The molecular weight excluding hydrogens is 1020 g/mol. The number of hydrogen-bond acceptors (Lipinski definition) is 13. The zero-order valence-corrected chi connectivity index (χ0v) is 51.7. The van der Waals surface area contributed by atoms with Gasteiger partial charge in [0.15, 0.2) is 0 Å². The van der Waals surface area contributed by atoms with Gasteiger partial charge in [-0.25, -0.2) is 14.4 Å². The Labute approximate surface area is 481 Å². The van der Waals surface area contributed by atoms with Crippen LogP contribution in [0.1, 0.15) is 238 Å². The summed E-state index contributed by atoms with van der Waals surface area (Å²) in [6, 6.07) is 0. The fourth-order valence-corrected chi connectivity index (χ4v) is 13.7. The maximum Gasteiger partial charge on any atom is 0.408 e. The molecule has 0 aromatic heterocycles. The van der Waals surface area contributed by atoms with Crippen molar-refractivity contribution in [1.29, 1.82) is 0 Å². The Morgan fingerprint density at radius 3 is 1.57 bits per heavy atom. The van der Waals surface area contributed by atoms with E-state index in [4.69, 9.17) is 28.4 Å². The smallest absolute Gasteiger partial charge is 0.408 e. The molecular formula is C63H108N4O13. The van der Waals surface area contributed by atoms with Gasteiger partial charge in [-0.05, 0) is 181 Å². The molecule has 4 rings (SSSR count). The predicted molar refractivity (Wildman–Crippen MR) is 309 cm³/mol. The van der Waals surface area contributed by atoms with E-state index in [-0.39, 0.29) is 53.4 Å². The largest absolute Gasteiger partial charge is 0.461 e. The van der Waals surface area contributed by atoms with Crippen LogP contribution in [0.5, 0.6) is 0 Å². The average molecular weight is 1130 g/mol. The lowest BCUT2D eigenvalue weighted by Crippen LogP contribution is -2.64. The SMILES string of the molecule is CCCCCCCC/C=C\CCCCCCCCNC(=O)CC[C@@H](C)[C@H]1CC[C@H]2[C@@H]3[C@H](OC(=O)CNC(=O)OC(C)(C)C)C[C@@H]4C[C@H](OC(=O)CNC(=O)OC(C)(C)C)CC[C@]4(C)[C@H]3C[C@H](OC(=O)CNC(=O)OC(C)(C)C)[C@]12C. The molecule has 0 radical (unpaired) electrons. The quantitative estimate of drug-likeness (QED) is 0.0237. The van der Waals surface area contributed by atoms with Crippen molar-refractivity contribution in [3.05, 3.63) is 12.2 Å². The number of esters is 3. The van der Waals surface area contributed by atoms with Gasteiger partial charge in [0.05, 0.1) is 0 Å². The Kier molecular flexibility index (Phi) is 27.0. The Hall–Kier alpha value is -4.57. The lowest BCUT2D eigenvalue weighted by molar-refractivity contribution is -0.225. The van der Waals surface area contributed by atoms with Crippen molar-refractivity contribution >= 4 is 42.1 Å². The van der Waals surface area contributed by atoms with Gasteiger partial charge in [0.2, 0.25) is 5.91 Å². The third-order valence-electron chi connectivity index (χ3n) is 17.5. The summed E-state index contributed by atoms with van der Waals surface area (Å²) in [5.41, 5.74) is -3.25. The monoisotopic (exact) mass is 1130 g/mol. The summed E-state index contributed by atoms with van der Waals surface area (Å²) in [7, 11) is 0. The van der Waals surface area contributed by atoms with Crippen LogP contribution in [-0.4, -0.2) is 103 Å². The van der Waals surface area contributed by atoms with Crippen LogP contribution >= 0.6 is 0 Å². The molecule has 0 aromatic carbocycles. The Balaban J connectivity index is 1.47. The first-order valence-electron chi connectivity index (χ1n) is 30.9. The maximum atomic E-state index is 14.0. The van der Waals surface area contributed by atoms with Crippen molar-refractivity contribution in [3.63, 3.8) is 0 Å². The van der Waals surface area contributed by atoms with Gasteiger partial charge in [-0.3, -0.25) is 19.2 Å². The summed E-state index contributed by atoms with van der Waals surface area (Å²) < 4.78 is 35.3. The third kappa shape index (κ3) is 22.6. The summed E-state index contributed by atoms with van der Waals surface area (Å²) in [6.07, 6.45) is 23.3. The van der Waals surface area contributed by atoms with Gasteiger partial charge < -0.3 is 49.7 Å². The zero-order chi connectivity index (χ0) is 59.3. The van der Waals surface area contributed by atoms with Crippen molar-refractivity contribution in [2.75, 3.05) is 26.2 Å². The van der Waals surface area contributed by atoms with E-state index in [1.165, 1.54) is 64.2 Å². The molecule has 0 unspecified atom stereocenters. The normalized spacial score (nSPS) is 26.8. The van der Waals surface area contributed by atoms with Crippen LogP contribution in [0, 0.1) is 46.3 Å². The van der Waals surface area contributed by atoms with Crippen molar-refractivity contribution < 1.29 is 62.0 Å². The second-order valence-electron chi connectivity index (χ2n) is 27.3. The molecule has 4 aliphatic carbocycles. The molecule has 4 saturated carbocycles. The molecule has 4 aliphatic rings. The van der Waals surface area contributed by atoms with Crippen LogP contribution in [0.2, 0.25) is 0 Å². The van der Waals surface area contributed by atoms with Crippen LogP contribution in [0.3, 0.4) is 0 Å². The van der Waals surface area contributed by atoms with E-state index in [1.807, 2.05) is 0 Å². The van der Waals surface area contributed by atoms with E-state index in [0.717, 1.165) is 38.5 Å². The second-order valence-corrected chi connectivity index (χ2v) is 27.3. The molecule has 0 aliphatic heterocycles. The van der Waals surface area contributed by atoms with Crippen LogP contribution in [-0.2, 0) is 47.6 Å². The Morgan fingerprint density at radius 1 is 0.562 bits per heavy atom.